The van der Waals surface area contributed by atoms with E-state index in [1.54, 1.807) is 32.7 Å². The maximum atomic E-state index is 12.5. The monoisotopic (exact) mass is 421 g/mol. The molecule has 1 aromatic carbocycles. The van der Waals surface area contributed by atoms with Gasteiger partial charge in [0.05, 0.1) is 36.0 Å². The molecule has 2 aromatic heterocycles. The molecule has 0 N–H and O–H groups in total. The fourth-order valence-corrected chi connectivity index (χ4v) is 4.10. The Morgan fingerprint density at radius 2 is 2.00 bits per heavy atom. The van der Waals surface area contributed by atoms with Gasteiger partial charge in [0.25, 0.3) is 5.56 Å². The second kappa shape index (κ2) is 7.93. The molecule has 2 amide bonds. The summed E-state index contributed by atoms with van der Waals surface area (Å²) in [4.78, 5) is 44.7. The van der Waals surface area contributed by atoms with E-state index in [4.69, 9.17) is 0 Å². The van der Waals surface area contributed by atoms with E-state index in [2.05, 4.69) is 15.3 Å². The number of para-hydroxylation sites is 1. The summed E-state index contributed by atoms with van der Waals surface area (Å²) in [5.41, 5.74) is 1.29. The summed E-state index contributed by atoms with van der Waals surface area (Å²) < 4.78 is 3.26. The number of fused-ring (bicyclic) bond motifs is 1. The highest BCUT2D eigenvalue weighted by Crippen LogP contribution is 2.22. The van der Waals surface area contributed by atoms with E-state index in [1.807, 2.05) is 12.3 Å². The molecule has 0 radical (unpaired) electrons. The highest BCUT2D eigenvalue weighted by atomic mass is 16.2. The molecule has 0 spiro atoms. The highest BCUT2D eigenvalue weighted by Gasteiger charge is 2.32. The summed E-state index contributed by atoms with van der Waals surface area (Å²) in [6.45, 7) is 2.69. The van der Waals surface area contributed by atoms with Crippen LogP contribution in [0.25, 0.3) is 10.9 Å². The molecule has 2 saturated heterocycles. The molecule has 4 heterocycles. The summed E-state index contributed by atoms with van der Waals surface area (Å²) in [6, 6.07) is 7.27. The van der Waals surface area contributed by atoms with Crippen LogP contribution in [0.1, 0.15) is 31.0 Å². The van der Waals surface area contributed by atoms with Crippen LogP contribution in [0.4, 0.5) is 0 Å². The Morgan fingerprint density at radius 3 is 2.81 bits per heavy atom. The lowest BCUT2D eigenvalue weighted by atomic mass is 10.1. The second-order valence-electron chi connectivity index (χ2n) is 8.07. The van der Waals surface area contributed by atoms with Crippen molar-refractivity contribution in [2.24, 2.45) is 0 Å². The molecule has 31 heavy (non-hydrogen) atoms. The summed E-state index contributed by atoms with van der Waals surface area (Å²) in [5, 5.41) is 8.89. The number of carbonyl (C=O) groups excluding carboxylic acids is 2. The van der Waals surface area contributed by atoms with Crippen LogP contribution in [0.2, 0.25) is 0 Å². The molecule has 0 unspecified atom stereocenters. The third kappa shape index (κ3) is 3.80. The molecular formula is C21H23N7O3. The van der Waals surface area contributed by atoms with Crippen molar-refractivity contribution in [2.75, 3.05) is 19.6 Å². The number of aromatic nitrogens is 5. The predicted molar refractivity (Wildman–Crippen MR) is 111 cm³/mol. The van der Waals surface area contributed by atoms with Crippen LogP contribution in [0.15, 0.2) is 41.6 Å². The van der Waals surface area contributed by atoms with Gasteiger partial charge in [-0.3, -0.25) is 19.0 Å². The first kappa shape index (κ1) is 19.4. The SMILES string of the molecule is O=C1CCCN1Cc1cn(C2CN(C(=O)CCn3cnc4ccccc4c3=O)C2)nn1. The molecule has 0 aliphatic carbocycles. The van der Waals surface area contributed by atoms with E-state index in [0.717, 1.165) is 18.7 Å². The molecule has 5 rings (SSSR count). The summed E-state index contributed by atoms with van der Waals surface area (Å²) in [5.74, 6) is 0.162. The molecule has 2 aliphatic rings. The quantitative estimate of drug-likeness (QED) is 0.577. The van der Waals surface area contributed by atoms with Gasteiger partial charge in [0.15, 0.2) is 0 Å². The predicted octanol–water partition coefficient (Wildman–Crippen LogP) is 0.584. The number of benzene rings is 1. The molecule has 160 valence electrons. The fraction of sp³-hybridized carbons (Fsp3) is 0.429. The number of aryl methyl sites for hydroxylation is 1. The average molecular weight is 421 g/mol. The summed E-state index contributed by atoms with van der Waals surface area (Å²) >= 11 is 0. The van der Waals surface area contributed by atoms with Crippen LogP contribution in [0.5, 0.6) is 0 Å². The number of nitrogens with zero attached hydrogens (tertiary/aromatic N) is 7. The lowest BCUT2D eigenvalue weighted by Crippen LogP contribution is -2.51. The Bertz CT molecular complexity index is 1190. The lowest BCUT2D eigenvalue weighted by Gasteiger charge is -2.39. The van der Waals surface area contributed by atoms with Gasteiger partial charge in [0.2, 0.25) is 11.8 Å². The van der Waals surface area contributed by atoms with Crippen molar-refractivity contribution in [3.8, 4) is 0 Å². The van der Waals surface area contributed by atoms with Crippen molar-refractivity contribution in [3.63, 3.8) is 0 Å². The maximum Gasteiger partial charge on any atom is 0.261 e. The Balaban J connectivity index is 1.14. The van der Waals surface area contributed by atoms with Gasteiger partial charge in [-0.15, -0.1) is 5.10 Å². The van der Waals surface area contributed by atoms with Gasteiger partial charge in [-0.25, -0.2) is 9.67 Å². The first-order valence-corrected chi connectivity index (χ1v) is 10.5. The van der Waals surface area contributed by atoms with E-state index >= 15 is 0 Å². The molecule has 10 nitrogen and oxygen atoms in total. The van der Waals surface area contributed by atoms with Crippen molar-refractivity contribution in [2.45, 2.75) is 38.4 Å². The van der Waals surface area contributed by atoms with Gasteiger partial charge in [-0.05, 0) is 18.6 Å². The van der Waals surface area contributed by atoms with Crippen molar-refractivity contribution in [1.82, 2.24) is 34.3 Å². The second-order valence-corrected chi connectivity index (χ2v) is 8.07. The van der Waals surface area contributed by atoms with E-state index in [9.17, 15) is 14.4 Å². The largest absolute Gasteiger partial charge is 0.338 e. The van der Waals surface area contributed by atoms with E-state index in [0.29, 0.717) is 43.5 Å². The summed E-state index contributed by atoms with van der Waals surface area (Å²) in [7, 11) is 0. The van der Waals surface area contributed by atoms with E-state index in [1.165, 1.54) is 10.9 Å². The van der Waals surface area contributed by atoms with E-state index < -0.39 is 0 Å². The zero-order valence-electron chi connectivity index (χ0n) is 17.1. The van der Waals surface area contributed by atoms with Crippen LogP contribution < -0.4 is 5.56 Å². The number of carbonyl (C=O) groups is 2. The number of amides is 2. The zero-order valence-corrected chi connectivity index (χ0v) is 17.1. The smallest absolute Gasteiger partial charge is 0.261 e. The standard InChI is InChI=1S/C21H23N7O3/c29-19-6-3-8-25(19)10-15-11-28(24-23-15)16-12-27(13-16)20(30)7-9-26-14-22-18-5-2-1-4-17(18)21(26)31/h1-2,4-5,11,14,16H,3,6-10,12-13H2. The van der Waals surface area contributed by atoms with Gasteiger partial charge in [0.1, 0.15) is 5.69 Å². The lowest BCUT2D eigenvalue weighted by molar-refractivity contribution is -0.137. The number of rotatable bonds is 6. The normalized spacial score (nSPS) is 16.8. The third-order valence-corrected chi connectivity index (χ3v) is 5.97. The van der Waals surface area contributed by atoms with Crippen molar-refractivity contribution in [3.05, 3.63) is 52.8 Å². The number of hydrogen-bond donors (Lipinski definition) is 0. The molecule has 2 fully saturated rings. The average Bonchev–Trinajstić information content (AvgIpc) is 3.36. The van der Waals surface area contributed by atoms with Gasteiger partial charge < -0.3 is 9.80 Å². The van der Waals surface area contributed by atoms with Crippen LogP contribution in [-0.2, 0) is 22.7 Å². The molecule has 3 aromatic rings. The molecular weight excluding hydrogens is 398 g/mol. The van der Waals surface area contributed by atoms with Gasteiger partial charge in [-0.2, -0.15) is 0 Å². The first-order chi connectivity index (χ1) is 15.1. The Hall–Kier alpha value is -3.56. The van der Waals surface area contributed by atoms with Crippen LogP contribution >= 0.6 is 0 Å². The molecule has 0 saturated carbocycles. The minimum atomic E-state index is -0.133. The zero-order chi connectivity index (χ0) is 21.4. The Morgan fingerprint density at radius 1 is 1.16 bits per heavy atom. The third-order valence-electron chi connectivity index (χ3n) is 5.97. The van der Waals surface area contributed by atoms with Crippen LogP contribution in [-0.4, -0.2) is 65.8 Å². The molecule has 0 bridgehead atoms. The Labute approximate surface area is 178 Å². The van der Waals surface area contributed by atoms with Gasteiger partial charge >= 0.3 is 0 Å². The highest BCUT2D eigenvalue weighted by molar-refractivity contribution is 5.78. The van der Waals surface area contributed by atoms with Crippen LogP contribution in [0, 0.1) is 0 Å². The van der Waals surface area contributed by atoms with Gasteiger partial charge in [0, 0.05) is 39.0 Å². The van der Waals surface area contributed by atoms with Crippen molar-refractivity contribution >= 4 is 22.7 Å². The van der Waals surface area contributed by atoms with Crippen LogP contribution in [0.3, 0.4) is 0 Å². The van der Waals surface area contributed by atoms with Crippen molar-refractivity contribution < 1.29 is 9.59 Å². The Kier molecular flexibility index (Phi) is 4.97. The minimum Gasteiger partial charge on any atom is -0.338 e. The number of likely N-dealkylation sites (tertiary alicyclic amines) is 2. The molecule has 0 atom stereocenters. The number of hydrogen-bond acceptors (Lipinski definition) is 6. The summed E-state index contributed by atoms with van der Waals surface area (Å²) in [6.07, 6.45) is 5.10. The first-order valence-electron chi connectivity index (χ1n) is 10.5. The van der Waals surface area contributed by atoms with E-state index in [-0.39, 0.29) is 29.8 Å². The fourth-order valence-electron chi connectivity index (χ4n) is 4.10. The maximum absolute atomic E-state index is 12.5. The topological polar surface area (TPSA) is 106 Å². The van der Waals surface area contributed by atoms with Crippen molar-refractivity contribution in [1.29, 1.82) is 0 Å². The van der Waals surface area contributed by atoms with Gasteiger partial charge in [-0.1, -0.05) is 17.3 Å². The minimum absolute atomic E-state index is 0.000638. The molecule has 2 aliphatic heterocycles. The molecule has 10 heteroatoms.